The van der Waals surface area contributed by atoms with Crippen LogP contribution in [-0.2, 0) is 30.6 Å². The minimum Gasteiger partial charge on any atom is -0.443 e. The third-order valence-corrected chi connectivity index (χ3v) is 6.13. The van der Waals surface area contributed by atoms with Crippen LogP contribution in [0.4, 0.5) is 4.79 Å². The smallest absolute Gasteiger partial charge is 0.431 e. The zero-order chi connectivity index (χ0) is 27.0. The topological polar surface area (TPSA) is 115 Å². The maximum atomic E-state index is 12.6. The van der Waals surface area contributed by atoms with Gasteiger partial charge < -0.3 is 10.1 Å². The molecular formula is C28H45N3O6. The molecule has 0 saturated heterocycles. The minimum atomic E-state index is -0.727. The number of carbonyl (C=O) groups is 3. The van der Waals surface area contributed by atoms with Gasteiger partial charge >= 0.3 is 6.09 Å². The zero-order valence-corrected chi connectivity index (χ0v) is 22.8. The predicted octanol–water partition coefficient (Wildman–Crippen LogP) is 4.95. The van der Waals surface area contributed by atoms with E-state index in [1.54, 1.807) is 0 Å². The lowest BCUT2D eigenvalue weighted by Gasteiger charge is -2.25. The van der Waals surface area contributed by atoms with Crippen molar-refractivity contribution in [3.63, 3.8) is 0 Å². The molecule has 1 aliphatic rings. The number of benzene rings is 1. The second-order valence-electron chi connectivity index (χ2n) is 10.7. The van der Waals surface area contributed by atoms with Crippen LogP contribution in [0.1, 0.15) is 91.0 Å². The number of ether oxygens (including phenoxy) is 1. The maximum absolute atomic E-state index is 12.6. The molecule has 2 rings (SSSR count). The van der Waals surface area contributed by atoms with E-state index >= 15 is 0 Å². The van der Waals surface area contributed by atoms with Crippen LogP contribution >= 0.6 is 0 Å². The fourth-order valence-corrected chi connectivity index (χ4v) is 4.42. The van der Waals surface area contributed by atoms with Crippen molar-refractivity contribution in [3.8, 4) is 0 Å². The van der Waals surface area contributed by atoms with Crippen molar-refractivity contribution in [3.05, 3.63) is 35.9 Å². The lowest BCUT2D eigenvalue weighted by Crippen LogP contribution is -2.40. The monoisotopic (exact) mass is 519 g/mol. The molecule has 0 aliphatic heterocycles. The molecule has 1 aliphatic carbocycles. The largest absolute Gasteiger partial charge is 0.443 e. The summed E-state index contributed by atoms with van der Waals surface area (Å²) in [7, 11) is 0. The Bertz CT molecular complexity index is 811. The Morgan fingerprint density at radius 1 is 0.811 bits per heavy atom. The highest BCUT2D eigenvalue weighted by atomic mass is 16.7. The summed E-state index contributed by atoms with van der Waals surface area (Å²) in [6.07, 6.45) is 5.19. The molecule has 9 nitrogen and oxygen atoms in total. The standard InChI is InChI=1S/C28H45N3O6/c1-20(2)15-24(17-26(32)29-23-13-9-6-10-14-23)36-30-27(33)18-25(16-21(3)4)37-31-28(34)35-19-22-11-7-5-8-12-22/h5,7-8,11-12,20-21,23-25H,6,9-10,13-19H2,1-4H3,(H,29,32)(H,30,33)(H,31,34)/t24-,25-/m1/s1. The Morgan fingerprint density at radius 2 is 1.38 bits per heavy atom. The summed E-state index contributed by atoms with van der Waals surface area (Å²) >= 11 is 0. The van der Waals surface area contributed by atoms with Gasteiger partial charge in [0.15, 0.2) is 0 Å². The van der Waals surface area contributed by atoms with E-state index in [0.29, 0.717) is 18.8 Å². The summed E-state index contributed by atoms with van der Waals surface area (Å²) < 4.78 is 5.16. The fraction of sp³-hybridized carbons (Fsp3) is 0.679. The van der Waals surface area contributed by atoms with Crippen molar-refractivity contribution < 1.29 is 28.8 Å². The molecule has 3 amide bonds. The number of amides is 3. The van der Waals surface area contributed by atoms with Crippen LogP contribution in [0.2, 0.25) is 0 Å². The predicted molar refractivity (Wildman–Crippen MR) is 141 cm³/mol. The van der Waals surface area contributed by atoms with Crippen molar-refractivity contribution in [1.82, 2.24) is 16.3 Å². The van der Waals surface area contributed by atoms with Gasteiger partial charge in [0.25, 0.3) is 0 Å². The third kappa shape index (κ3) is 14.0. The normalized spacial score (nSPS) is 15.7. The number of carbonyl (C=O) groups excluding carboxylic acids is 3. The van der Waals surface area contributed by atoms with E-state index in [1.165, 1.54) is 6.42 Å². The number of hydroxylamine groups is 2. The Balaban J connectivity index is 1.78. The van der Waals surface area contributed by atoms with Gasteiger partial charge in [-0.25, -0.2) is 10.3 Å². The third-order valence-electron chi connectivity index (χ3n) is 6.13. The number of hydrogen-bond acceptors (Lipinski definition) is 6. The van der Waals surface area contributed by atoms with Gasteiger partial charge in [0.05, 0.1) is 25.0 Å². The molecule has 2 atom stereocenters. The van der Waals surface area contributed by atoms with Crippen LogP contribution in [0.5, 0.6) is 0 Å². The second-order valence-corrected chi connectivity index (χ2v) is 10.7. The van der Waals surface area contributed by atoms with Gasteiger partial charge in [-0.05, 0) is 43.1 Å². The molecule has 0 aromatic heterocycles. The molecule has 1 aromatic rings. The average molecular weight is 520 g/mol. The molecule has 1 aromatic carbocycles. The van der Waals surface area contributed by atoms with E-state index in [1.807, 2.05) is 58.0 Å². The highest BCUT2D eigenvalue weighted by Crippen LogP contribution is 2.18. The van der Waals surface area contributed by atoms with Gasteiger partial charge in [-0.3, -0.25) is 19.3 Å². The van der Waals surface area contributed by atoms with E-state index in [4.69, 9.17) is 14.4 Å². The Labute approximate surface area is 221 Å². The highest BCUT2D eigenvalue weighted by Gasteiger charge is 2.23. The molecule has 0 heterocycles. The summed E-state index contributed by atoms with van der Waals surface area (Å²) in [5.41, 5.74) is 5.63. The van der Waals surface area contributed by atoms with Crippen LogP contribution in [0, 0.1) is 11.8 Å². The summed E-state index contributed by atoms with van der Waals surface area (Å²) in [6, 6.07) is 9.55. The van der Waals surface area contributed by atoms with Crippen molar-refractivity contribution in [1.29, 1.82) is 0 Å². The van der Waals surface area contributed by atoms with Crippen LogP contribution in [0.25, 0.3) is 0 Å². The van der Waals surface area contributed by atoms with Gasteiger partial charge in [0.2, 0.25) is 11.8 Å². The molecule has 0 bridgehead atoms. The van der Waals surface area contributed by atoms with Gasteiger partial charge in [-0.15, -0.1) is 0 Å². The first-order valence-corrected chi connectivity index (χ1v) is 13.6. The fourth-order valence-electron chi connectivity index (χ4n) is 4.42. The lowest BCUT2D eigenvalue weighted by molar-refractivity contribution is -0.147. The van der Waals surface area contributed by atoms with Gasteiger partial charge in [0, 0.05) is 6.04 Å². The first-order chi connectivity index (χ1) is 17.7. The molecule has 0 radical (unpaired) electrons. The van der Waals surface area contributed by atoms with E-state index < -0.39 is 18.3 Å². The van der Waals surface area contributed by atoms with Gasteiger partial charge in [-0.2, -0.15) is 5.48 Å². The summed E-state index contributed by atoms with van der Waals surface area (Å²) in [5, 5.41) is 3.11. The van der Waals surface area contributed by atoms with Gasteiger partial charge in [0.1, 0.15) is 6.61 Å². The zero-order valence-electron chi connectivity index (χ0n) is 22.8. The first kappa shape index (κ1) is 30.6. The number of nitrogens with one attached hydrogen (secondary N) is 3. The van der Waals surface area contributed by atoms with Crippen molar-refractivity contribution in [2.24, 2.45) is 11.8 Å². The quantitative estimate of drug-likeness (QED) is 0.283. The van der Waals surface area contributed by atoms with Crippen LogP contribution < -0.4 is 16.3 Å². The van der Waals surface area contributed by atoms with E-state index in [2.05, 4.69) is 16.3 Å². The van der Waals surface area contributed by atoms with Crippen molar-refractivity contribution >= 4 is 17.9 Å². The molecule has 1 saturated carbocycles. The van der Waals surface area contributed by atoms with E-state index in [-0.39, 0.29) is 43.2 Å². The first-order valence-electron chi connectivity index (χ1n) is 13.6. The van der Waals surface area contributed by atoms with Crippen LogP contribution in [-0.4, -0.2) is 36.2 Å². The second kappa shape index (κ2) is 17.0. The van der Waals surface area contributed by atoms with Crippen LogP contribution in [0.3, 0.4) is 0 Å². The Hall–Kier alpha value is -2.65. The summed E-state index contributed by atoms with van der Waals surface area (Å²) in [6.45, 7) is 8.22. The Kier molecular flexibility index (Phi) is 14.0. The van der Waals surface area contributed by atoms with Crippen molar-refractivity contribution in [2.45, 2.75) is 110 Å². The number of hydrogen-bond donors (Lipinski definition) is 3. The van der Waals surface area contributed by atoms with E-state index in [0.717, 1.165) is 31.2 Å². The molecule has 9 heteroatoms. The SMILES string of the molecule is CC(C)C[C@H](CC(=O)NC1CCCCC1)ONC(=O)C[C@@H](CC(C)C)ONC(=O)OCc1ccccc1. The van der Waals surface area contributed by atoms with E-state index in [9.17, 15) is 14.4 Å². The summed E-state index contributed by atoms with van der Waals surface area (Å²) in [5.74, 6) is 0.100. The molecular weight excluding hydrogens is 474 g/mol. The summed E-state index contributed by atoms with van der Waals surface area (Å²) in [4.78, 5) is 48.4. The molecule has 208 valence electrons. The average Bonchev–Trinajstić information content (AvgIpc) is 2.85. The van der Waals surface area contributed by atoms with Crippen LogP contribution in [0.15, 0.2) is 30.3 Å². The maximum Gasteiger partial charge on any atom is 0.431 e. The molecule has 1 fully saturated rings. The van der Waals surface area contributed by atoms with Gasteiger partial charge in [-0.1, -0.05) is 77.3 Å². The number of rotatable bonds is 15. The molecule has 3 N–H and O–H groups in total. The Morgan fingerprint density at radius 3 is 1.97 bits per heavy atom. The molecule has 0 unspecified atom stereocenters. The molecule has 0 spiro atoms. The lowest BCUT2D eigenvalue weighted by atomic mass is 9.95. The van der Waals surface area contributed by atoms with Crippen molar-refractivity contribution in [2.75, 3.05) is 0 Å². The molecule has 37 heavy (non-hydrogen) atoms. The minimum absolute atomic E-state index is 0.0141. The highest BCUT2D eigenvalue weighted by molar-refractivity contribution is 5.77.